The van der Waals surface area contributed by atoms with Crippen molar-refractivity contribution in [3.05, 3.63) is 29.8 Å². The second-order valence-corrected chi connectivity index (χ2v) is 5.77. The number of rotatable bonds is 7. The molecular weight excluding hydrogens is 250 g/mol. The van der Waals surface area contributed by atoms with Crippen LogP contribution < -0.4 is 10.5 Å². The van der Waals surface area contributed by atoms with Crippen molar-refractivity contribution in [1.82, 2.24) is 0 Å². The van der Waals surface area contributed by atoms with E-state index in [9.17, 15) is 0 Å². The molecule has 1 aromatic carbocycles. The quantitative estimate of drug-likeness (QED) is 0.830. The SMILES string of the molecule is CCCOC1C(N)CC1Oc1ccc(C(C)CC)cc1. The molecule has 4 atom stereocenters. The first-order valence-electron chi connectivity index (χ1n) is 7.79. The molecule has 0 bridgehead atoms. The van der Waals surface area contributed by atoms with Crippen LogP contribution in [0.25, 0.3) is 0 Å². The van der Waals surface area contributed by atoms with E-state index in [-0.39, 0.29) is 18.2 Å². The molecule has 0 heterocycles. The van der Waals surface area contributed by atoms with E-state index in [4.69, 9.17) is 15.2 Å². The van der Waals surface area contributed by atoms with Gasteiger partial charge in [0.1, 0.15) is 18.0 Å². The highest BCUT2D eigenvalue weighted by atomic mass is 16.5. The minimum atomic E-state index is 0.0455. The van der Waals surface area contributed by atoms with Gasteiger partial charge < -0.3 is 15.2 Å². The summed E-state index contributed by atoms with van der Waals surface area (Å²) in [6, 6.07) is 8.55. The van der Waals surface area contributed by atoms with E-state index in [1.54, 1.807) is 0 Å². The van der Waals surface area contributed by atoms with Crippen molar-refractivity contribution in [2.24, 2.45) is 5.73 Å². The molecule has 0 aliphatic heterocycles. The van der Waals surface area contributed by atoms with Crippen molar-refractivity contribution in [2.45, 2.75) is 64.2 Å². The lowest BCUT2D eigenvalue weighted by Gasteiger charge is -2.41. The van der Waals surface area contributed by atoms with Gasteiger partial charge in [0.25, 0.3) is 0 Å². The predicted molar refractivity (Wildman–Crippen MR) is 82.2 cm³/mol. The van der Waals surface area contributed by atoms with Gasteiger partial charge in [0.15, 0.2) is 0 Å². The van der Waals surface area contributed by atoms with Gasteiger partial charge in [-0.2, -0.15) is 0 Å². The van der Waals surface area contributed by atoms with Crippen LogP contribution >= 0.6 is 0 Å². The minimum absolute atomic E-state index is 0.0455. The monoisotopic (exact) mass is 277 g/mol. The predicted octanol–water partition coefficient (Wildman–Crippen LogP) is 3.47. The maximum Gasteiger partial charge on any atom is 0.128 e. The van der Waals surface area contributed by atoms with E-state index in [2.05, 4.69) is 45.0 Å². The lowest BCUT2D eigenvalue weighted by molar-refractivity contribution is -0.0980. The third-order valence-corrected chi connectivity index (χ3v) is 4.16. The molecule has 112 valence electrons. The zero-order chi connectivity index (χ0) is 14.5. The molecule has 1 fully saturated rings. The Morgan fingerprint density at radius 2 is 1.95 bits per heavy atom. The lowest BCUT2D eigenvalue weighted by atomic mass is 9.86. The van der Waals surface area contributed by atoms with Gasteiger partial charge in [-0.3, -0.25) is 0 Å². The van der Waals surface area contributed by atoms with Gasteiger partial charge >= 0.3 is 0 Å². The van der Waals surface area contributed by atoms with Crippen molar-refractivity contribution >= 4 is 0 Å². The number of ether oxygens (including phenoxy) is 2. The van der Waals surface area contributed by atoms with Crippen LogP contribution in [-0.4, -0.2) is 24.9 Å². The Labute approximate surface area is 122 Å². The highest BCUT2D eigenvalue weighted by Gasteiger charge is 2.41. The van der Waals surface area contributed by atoms with Gasteiger partial charge in [-0.1, -0.05) is 32.9 Å². The molecule has 0 saturated heterocycles. The Morgan fingerprint density at radius 3 is 2.50 bits per heavy atom. The molecule has 2 N–H and O–H groups in total. The largest absolute Gasteiger partial charge is 0.488 e. The van der Waals surface area contributed by atoms with Crippen molar-refractivity contribution < 1.29 is 9.47 Å². The lowest BCUT2D eigenvalue weighted by Crippen LogP contribution is -2.59. The summed E-state index contributed by atoms with van der Waals surface area (Å²) in [5.74, 6) is 1.51. The Morgan fingerprint density at radius 1 is 1.25 bits per heavy atom. The fourth-order valence-corrected chi connectivity index (χ4v) is 2.50. The molecule has 4 unspecified atom stereocenters. The van der Waals surface area contributed by atoms with Crippen molar-refractivity contribution in [2.75, 3.05) is 6.61 Å². The summed E-state index contributed by atoms with van der Waals surface area (Å²) in [7, 11) is 0. The van der Waals surface area contributed by atoms with Crippen LogP contribution in [0.5, 0.6) is 5.75 Å². The van der Waals surface area contributed by atoms with Gasteiger partial charge in [-0.25, -0.2) is 0 Å². The molecule has 20 heavy (non-hydrogen) atoms. The summed E-state index contributed by atoms with van der Waals surface area (Å²) in [5, 5.41) is 0. The highest BCUT2D eigenvalue weighted by molar-refractivity contribution is 5.29. The molecule has 3 heteroatoms. The maximum atomic E-state index is 5.99. The average Bonchev–Trinajstić information content (AvgIpc) is 2.47. The summed E-state index contributed by atoms with van der Waals surface area (Å²) < 4.78 is 11.7. The molecule has 1 aliphatic carbocycles. The van der Waals surface area contributed by atoms with Crippen LogP contribution in [0.15, 0.2) is 24.3 Å². The van der Waals surface area contributed by atoms with E-state index in [0.29, 0.717) is 5.92 Å². The number of hydrogen-bond acceptors (Lipinski definition) is 3. The maximum absolute atomic E-state index is 5.99. The first-order valence-corrected chi connectivity index (χ1v) is 7.79. The molecule has 0 amide bonds. The second-order valence-electron chi connectivity index (χ2n) is 5.77. The van der Waals surface area contributed by atoms with Crippen molar-refractivity contribution in [1.29, 1.82) is 0 Å². The van der Waals surface area contributed by atoms with E-state index in [1.807, 2.05) is 0 Å². The Kier molecular flexibility index (Phi) is 5.44. The van der Waals surface area contributed by atoms with Crippen LogP contribution in [-0.2, 0) is 4.74 Å². The Bertz CT molecular complexity index is 404. The zero-order valence-corrected chi connectivity index (χ0v) is 12.8. The number of hydrogen-bond donors (Lipinski definition) is 1. The fraction of sp³-hybridized carbons (Fsp3) is 0.647. The van der Waals surface area contributed by atoms with Gasteiger partial charge in [-0.05, 0) is 36.5 Å². The molecule has 1 aliphatic rings. The number of benzene rings is 1. The normalized spacial score (nSPS) is 26.9. The van der Waals surface area contributed by atoms with E-state index >= 15 is 0 Å². The van der Waals surface area contributed by atoms with Gasteiger partial charge in [0.05, 0.1) is 0 Å². The Hall–Kier alpha value is -1.06. The first-order chi connectivity index (χ1) is 9.65. The van der Waals surface area contributed by atoms with Gasteiger partial charge in [0, 0.05) is 19.1 Å². The summed E-state index contributed by atoms with van der Waals surface area (Å²) in [6.07, 6.45) is 3.20. The molecule has 3 nitrogen and oxygen atoms in total. The smallest absolute Gasteiger partial charge is 0.128 e. The van der Waals surface area contributed by atoms with E-state index in [0.717, 1.165) is 31.6 Å². The Balaban J connectivity index is 1.90. The van der Waals surface area contributed by atoms with E-state index in [1.165, 1.54) is 5.56 Å². The third kappa shape index (κ3) is 3.53. The van der Waals surface area contributed by atoms with Gasteiger partial charge in [0.2, 0.25) is 0 Å². The van der Waals surface area contributed by atoms with Crippen LogP contribution in [0.1, 0.15) is 51.5 Å². The van der Waals surface area contributed by atoms with Crippen LogP contribution in [0.3, 0.4) is 0 Å². The first kappa shape index (κ1) is 15.3. The topological polar surface area (TPSA) is 44.5 Å². The molecule has 1 saturated carbocycles. The molecule has 2 rings (SSSR count). The average molecular weight is 277 g/mol. The van der Waals surface area contributed by atoms with Crippen LogP contribution in [0.4, 0.5) is 0 Å². The third-order valence-electron chi connectivity index (χ3n) is 4.16. The summed E-state index contributed by atoms with van der Waals surface area (Å²) in [6.45, 7) is 7.31. The summed E-state index contributed by atoms with van der Waals surface area (Å²) >= 11 is 0. The summed E-state index contributed by atoms with van der Waals surface area (Å²) in [4.78, 5) is 0. The molecular formula is C17H27NO2. The zero-order valence-electron chi connectivity index (χ0n) is 12.8. The van der Waals surface area contributed by atoms with Gasteiger partial charge in [-0.15, -0.1) is 0 Å². The van der Waals surface area contributed by atoms with Crippen molar-refractivity contribution in [3.63, 3.8) is 0 Å². The second kappa shape index (κ2) is 7.09. The highest BCUT2D eigenvalue weighted by Crippen LogP contribution is 2.29. The number of nitrogens with two attached hydrogens (primary N) is 1. The molecule has 0 spiro atoms. The molecule has 1 aromatic rings. The van der Waals surface area contributed by atoms with Crippen LogP contribution in [0.2, 0.25) is 0 Å². The molecule has 0 radical (unpaired) electrons. The fourth-order valence-electron chi connectivity index (χ4n) is 2.50. The summed E-state index contributed by atoms with van der Waals surface area (Å²) in [5.41, 5.74) is 7.35. The minimum Gasteiger partial charge on any atom is -0.488 e. The van der Waals surface area contributed by atoms with Crippen LogP contribution in [0, 0.1) is 0 Å². The standard InChI is InChI=1S/C17H27NO2/c1-4-10-19-17-15(18)11-16(17)20-14-8-6-13(7-9-14)12(3)5-2/h6-9,12,15-17H,4-5,10-11,18H2,1-3H3. The van der Waals surface area contributed by atoms with E-state index < -0.39 is 0 Å². The molecule has 0 aromatic heterocycles. The van der Waals surface area contributed by atoms with Crippen molar-refractivity contribution in [3.8, 4) is 5.75 Å².